The summed E-state index contributed by atoms with van der Waals surface area (Å²) in [7, 11) is -3.74. The van der Waals surface area contributed by atoms with E-state index in [1.807, 2.05) is 0 Å². The third-order valence-electron chi connectivity index (χ3n) is 4.98. The Morgan fingerprint density at radius 2 is 2.00 bits per heavy atom. The molecule has 0 N–H and O–H groups in total. The van der Waals surface area contributed by atoms with E-state index in [1.54, 1.807) is 25.1 Å². The van der Waals surface area contributed by atoms with Gasteiger partial charge in [-0.1, -0.05) is 17.4 Å². The Morgan fingerprint density at radius 3 is 2.71 bits per heavy atom. The quantitative estimate of drug-likeness (QED) is 0.515. The molecule has 0 atom stereocenters. The van der Waals surface area contributed by atoms with Crippen molar-refractivity contribution in [3.05, 3.63) is 53.8 Å². The fraction of sp³-hybridized carbons (Fsp3) is 0.333. The van der Waals surface area contributed by atoms with Crippen molar-refractivity contribution in [2.75, 3.05) is 19.7 Å². The number of halogens is 1. The third-order valence-corrected chi connectivity index (χ3v) is 7.79. The van der Waals surface area contributed by atoms with Gasteiger partial charge < -0.3 is 9.47 Å². The summed E-state index contributed by atoms with van der Waals surface area (Å²) in [5, 5.41) is 0.474. The number of aromatic nitrogens is 1. The van der Waals surface area contributed by atoms with E-state index in [1.165, 1.54) is 33.8 Å². The lowest BCUT2D eigenvalue weighted by Crippen LogP contribution is -2.41. The number of rotatable bonds is 6. The van der Waals surface area contributed by atoms with Crippen LogP contribution in [0, 0.1) is 5.82 Å². The number of carbonyl (C=O) groups is 1. The molecular formula is C21H21FN2O5S2. The largest absolute Gasteiger partial charge is 0.467 e. The summed E-state index contributed by atoms with van der Waals surface area (Å²) < 4.78 is 52.1. The van der Waals surface area contributed by atoms with Crippen LogP contribution >= 0.6 is 11.3 Å². The molecule has 0 bridgehead atoms. The third kappa shape index (κ3) is 4.70. The van der Waals surface area contributed by atoms with Crippen molar-refractivity contribution in [2.24, 2.45) is 0 Å². The normalized spacial score (nSPS) is 15.8. The molecule has 3 aromatic rings. The fourth-order valence-electron chi connectivity index (χ4n) is 3.40. The topological polar surface area (TPSA) is 85.8 Å². The minimum atomic E-state index is -3.74. The van der Waals surface area contributed by atoms with Crippen molar-refractivity contribution >= 4 is 37.5 Å². The van der Waals surface area contributed by atoms with Crippen LogP contribution in [0.2, 0.25) is 0 Å². The van der Waals surface area contributed by atoms with Crippen molar-refractivity contribution in [1.82, 2.24) is 9.29 Å². The van der Waals surface area contributed by atoms with Crippen molar-refractivity contribution in [2.45, 2.75) is 30.8 Å². The standard InChI is InChI=1S/C21H21FN2O5S2/c1-2-28-20(25)14-6-7-18-19(12-14)30-21(23-18)29-16-8-10-24(11-9-16)31(26,27)17-5-3-4-15(22)13-17/h3-7,12-13,16H,2,8-11H2,1H3. The SMILES string of the molecule is CCOC(=O)c1ccc2nc(OC3CCN(S(=O)(=O)c4cccc(F)c4)CC3)sc2c1. The molecule has 2 heterocycles. The minimum absolute atomic E-state index is 0.0459. The van der Waals surface area contributed by atoms with Crippen molar-refractivity contribution < 1.29 is 27.1 Å². The van der Waals surface area contributed by atoms with Gasteiger partial charge in [-0.25, -0.2) is 22.6 Å². The molecule has 0 unspecified atom stereocenters. The first-order valence-electron chi connectivity index (χ1n) is 9.87. The van der Waals surface area contributed by atoms with Crippen LogP contribution in [0.3, 0.4) is 0 Å². The molecule has 31 heavy (non-hydrogen) atoms. The molecule has 1 aromatic heterocycles. The first-order valence-corrected chi connectivity index (χ1v) is 12.1. The number of ether oxygens (including phenoxy) is 2. The van der Waals surface area contributed by atoms with Crippen molar-refractivity contribution in [3.63, 3.8) is 0 Å². The van der Waals surface area contributed by atoms with E-state index in [0.29, 0.717) is 30.2 Å². The Balaban J connectivity index is 1.40. The molecule has 4 rings (SSSR count). The number of carbonyl (C=O) groups excluding carboxylic acids is 1. The van der Waals surface area contributed by atoms with Crippen LogP contribution in [0.15, 0.2) is 47.4 Å². The first kappa shape index (κ1) is 21.7. The number of benzene rings is 2. The zero-order valence-electron chi connectivity index (χ0n) is 16.8. The molecule has 1 fully saturated rings. The van der Waals surface area contributed by atoms with E-state index in [0.717, 1.165) is 16.3 Å². The lowest BCUT2D eigenvalue weighted by atomic mass is 10.1. The summed E-state index contributed by atoms with van der Waals surface area (Å²) >= 11 is 1.33. The van der Waals surface area contributed by atoms with Gasteiger partial charge >= 0.3 is 5.97 Å². The Labute approximate surface area is 183 Å². The zero-order chi connectivity index (χ0) is 22.0. The van der Waals surface area contributed by atoms with E-state index in [4.69, 9.17) is 9.47 Å². The smallest absolute Gasteiger partial charge is 0.338 e. The molecule has 164 valence electrons. The maximum Gasteiger partial charge on any atom is 0.338 e. The number of hydrogen-bond acceptors (Lipinski definition) is 7. The predicted molar refractivity (Wildman–Crippen MR) is 114 cm³/mol. The highest BCUT2D eigenvalue weighted by molar-refractivity contribution is 7.89. The number of nitrogens with zero attached hydrogens (tertiary/aromatic N) is 2. The van der Waals surface area contributed by atoms with Crippen LogP contribution in [0.4, 0.5) is 4.39 Å². The number of fused-ring (bicyclic) bond motifs is 1. The highest BCUT2D eigenvalue weighted by atomic mass is 32.2. The molecule has 2 aromatic carbocycles. The molecule has 0 radical (unpaired) electrons. The van der Waals surface area contributed by atoms with Crippen LogP contribution in [0.25, 0.3) is 10.2 Å². The van der Waals surface area contributed by atoms with Gasteiger partial charge in [-0.15, -0.1) is 0 Å². The molecule has 10 heteroatoms. The van der Waals surface area contributed by atoms with E-state index in [-0.39, 0.29) is 30.1 Å². The van der Waals surface area contributed by atoms with E-state index in [9.17, 15) is 17.6 Å². The van der Waals surface area contributed by atoms with Gasteiger partial charge in [0.1, 0.15) is 11.9 Å². The lowest BCUT2D eigenvalue weighted by molar-refractivity contribution is 0.0526. The van der Waals surface area contributed by atoms with Crippen LogP contribution in [-0.2, 0) is 14.8 Å². The predicted octanol–water partition coefficient (Wildman–Crippen LogP) is 3.84. The lowest BCUT2D eigenvalue weighted by Gasteiger charge is -2.30. The van der Waals surface area contributed by atoms with Crippen molar-refractivity contribution in [3.8, 4) is 5.19 Å². The Morgan fingerprint density at radius 1 is 1.23 bits per heavy atom. The van der Waals surface area contributed by atoms with Gasteiger partial charge in [-0.3, -0.25) is 0 Å². The van der Waals surface area contributed by atoms with Crippen LogP contribution < -0.4 is 4.74 Å². The summed E-state index contributed by atoms with van der Waals surface area (Å²) in [5.41, 5.74) is 1.18. The van der Waals surface area contributed by atoms with Gasteiger partial charge in [0.15, 0.2) is 0 Å². The van der Waals surface area contributed by atoms with Gasteiger partial charge in [0.2, 0.25) is 10.0 Å². The molecule has 1 aliphatic rings. The summed E-state index contributed by atoms with van der Waals surface area (Å²) in [6, 6.07) is 10.2. The van der Waals surface area contributed by atoms with Crippen LogP contribution in [-0.4, -0.2) is 49.5 Å². The molecule has 1 saturated heterocycles. The molecule has 0 spiro atoms. The Hall–Kier alpha value is -2.56. The van der Waals surface area contributed by atoms with Crippen LogP contribution in [0.5, 0.6) is 5.19 Å². The van der Waals surface area contributed by atoms with E-state index in [2.05, 4.69) is 4.98 Å². The van der Waals surface area contributed by atoms with Gasteiger partial charge in [0.05, 0.1) is 27.3 Å². The molecular weight excluding hydrogens is 443 g/mol. The second-order valence-electron chi connectivity index (χ2n) is 7.06. The monoisotopic (exact) mass is 464 g/mol. The summed E-state index contributed by atoms with van der Waals surface area (Å²) in [6.07, 6.45) is 0.820. The Kier molecular flexibility index (Phi) is 6.22. The molecule has 1 aliphatic heterocycles. The van der Waals surface area contributed by atoms with Crippen molar-refractivity contribution in [1.29, 1.82) is 0 Å². The number of hydrogen-bond donors (Lipinski definition) is 0. The number of thiazole rings is 1. The maximum atomic E-state index is 13.4. The second-order valence-corrected chi connectivity index (χ2v) is 9.99. The van der Waals surface area contributed by atoms with Gasteiger partial charge in [-0.05, 0) is 56.2 Å². The molecule has 0 amide bonds. The summed E-state index contributed by atoms with van der Waals surface area (Å²) in [5.74, 6) is -0.964. The summed E-state index contributed by atoms with van der Waals surface area (Å²) in [6.45, 7) is 2.62. The Bertz CT molecular complexity index is 1200. The number of esters is 1. The van der Waals surface area contributed by atoms with Gasteiger partial charge in [0, 0.05) is 13.1 Å². The van der Waals surface area contributed by atoms with E-state index < -0.39 is 15.8 Å². The highest BCUT2D eigenvalue weighted by Crippen LogP contribution is 2.31. The fourth-order valence-corrected chi connectivity index (χ4v) is 5.83. The average Bonchev–Trinajstić information content (AvgIpc) is 3.15. The van der Waals surface area contributed by atoms with E-state index >= 15 is 0 Å². The zero-order valence-corrected chi connectivity index (χ0v) is 18.4. The molecule has 0 aliphatic carbocycles. The highest BCUT2D eigenvalue weighted by Gasteiger charge is 2.30. The number of piperidine rings is 1. The average molecular weight is 465 g/mol. The second kappa shape index (κ2) is 8.89. The molecule has 0 saturated carbocycles. The molecule has 7 nitrogen and oxygen atoms in total. The maximum absolute atomic E-state index is 13.4. The van der Waals surface area contributed by atoms with Gasteiger partial charge in [0.25, 0.3) is 5.19 Å². The minimum Gasteiger partial charge on any atom is -0.467 e. The number of sulfonamides is 1. The van der Waals surface area contributed by atoms with Crippen LogP contribution in [0.1, 0.15) is 30.1 Å². The summed E-state index contributed by atoms with van der Waals surface area (Å²) in [4.78, 5) is 16.3. The first-order chi connectivity index (χ1) is 14.9. The van der Waals surface area contributed by atoms with Gasteiger partial charge in [-0.2, -0.15) is 4.31 Å².